The van der Waals surface area contributed by atoms with Gasteiger partial charge in [0.1, 0.15) is 12.4 Å². The summed E-state index contributed by atoms with van der Waals surface area (Å²) in [4.78, 5) is 26.1. The molecule has 0 aromatic heterocycles. The van der Waals surface area contributed by atoms with Crippen molar-refractivity contribution in [3.8, 4) is 5.75 Å². The Labute approximate surface area is 183 Å². The summed E-state index contributed by atoms with van der Waals surface area (Å²) in [5, 5.41) is 14.0. The number of nitrogens with one attached hydrogen (secondary N) is 1. The summed E-state index contributed by atoms with van der Waals surface area (Å²) in [7, 11) is 0. The van der Waals surface area contributed by atoms with E-state index in [1.165, 1.54) is 12.1 Å². The quantitative estimate of drug-likeness (QED) is 0.438. The van der Waals surface area contributed by atoms with Crippen molar-refractivity contribution in [2.75, 3.05) is 31.6 Å². The zero-order chi connectivity index (χ0) is 22.3. The summed E-state index contributed by atoms with van der Waals surface area (Å²) in [6.45, 7) is 7.77. The molecule has 7 nitrogen and oxygen atoms in total. The van der Waals surface area contributed by atoms with Crippen molar-refractivity contribution >= 4 is 17.3 Å². The molecule has 1 aliphatic rings. The fourth-order valence-electron chi connectivity index (χ4n) is 4.25. The number of hydrogen-bond acceptors (Lipinski definition) is 5. The molecule has 0 radical (unpaired) electrons. The molecule has 31 heavy (non-hydrogen) atoms. The van der Waals surface area contributed by atoms with Gasteiger partial charge in [-0.05, 0) is 55.8 Å². The third-order valence-corrected chi connectivity index (χ3v) is 6.21. The molecule has 3 rings (SSSR count). The lowest BCUT2D eigenvalue weighted by molar-refractivity contribution is -0.384. The molecule has 1 N–H and O–H groups in total. The van der Waals surface area contributed by atoms with Gasteiger partial charge in [0.15, 0.2) is 0 Å². The van der Waals surface area contributed by atoms with Crippen LogP contribution in [0, 0.1) is 10.1 Å². The topological polar surface area (TPSA) is 84.7 Å². The number of nitro benzene ring substituents is 1. The predicted molar refractivity (Wildman–Crippen MR) is 122 cm³/mol. The standard InChI is InChI=1S/C24H31N3O4/c1-3-26(4-2)17-18-31-22-13-9-20(10-14-22)25-23(28)24(15-5-6-16-24)19-7-11-21(12-8-19)27(29)30/h7-14H,3-6,15-18H2,1-2H3,(H,25,28). The average molecular weight is 426 g/mol. The van der Waals surface area contributed by atoms with Crippen molar-refractivity contribution in [3.05, 3.63) is 64.2 Å². The van der Waals surface area contributed by atoms with Crippen LogP contribution in [0.25, 0.3) is 0 Å². The van der Waals surface area contributed by atoms with E-state index in [-0.39, 0.29) is 11.6 Å². The van der Waals surface area contributed by atoms with Gasteiger partial charge < -0.3 is 15.0 Å². The molecule has 0 saturated heterocycles. The highest BCUT2D eigenvalue weighted by molar-refractivity contribution is 5.99. The normalized spacial score (nSPS) is 15.1. The van der Waals surface area contributed by atoms with Gasteiger partial charge in [-0.1, -0.05) is 38.8 Å². The molecule has 1 aliphatic carbocycles. The van der Waals surface area contributed by atoms with Gasteiger partial charge in [-0.15, -0.1) is 0 Å². The Morgan fingerprint density at radius 2 is 1.68 bits per heavy atom. The number of likely N-dealkylation sites (N-methyl/N-ethyl adjacent to an activating group) is 1. The molecule has 0 atom stereocenters. The van der Waals surface area contributed by atoms with E-state index in [1.54, 1.807) is 12.1 Å². The Bertz CT molecular complexity index is 871. The summed E-state index contributed by atoms with van der Waals surface area (Å²) in [5.41, 5.74) is 0.946. The second-order valence-electron chi connectivity index (χ2n) is 7.95. The second-order valence-corrected chi connectivity index (χ2v) is 7.95. The van der Waals surface area contributed by atoms with Crippen molar-refractivity contribution in [1.82, 2.24) is 4.90 Å². The van der Waals surface area contributed by atoms with Crippen LogP contribution in [0.4, 0.5) is 11.4 Å². The minimum atomic E-state index is -0.645. The lowest BCUT2D eigenvalue weighted by Gasteiger charge is -2.28. The van der Waals surface area contributed by atoms with Gasteiger partial charge in [0.05, 0.1) is 10.3 Å². The number of hydrogen-bond donors (Lipinski definition) is 1. The Kier molecular flexibility index (Phi) is 7.63. The van der Waals surface area contributed by atoms with Gasteiger partial charge in [0.2, 0.25) is 5.91 Å². The number of carbonyl (C=O) groups is 1. The minimum Gasteiger partial charge on any atom is -0.492 e. The number of anilines is 1. The van der Waals surface area contributed by atoms with E-state index in [0.717, 1.165) is 56.6 Å². The summed E-state index contributed by atoms with van der Waals surface area (Å²) in [6.07, 6.45) is 3.40. The van der Waals surface area contributed by atoms with Gasteiger partial charge in [-0.3, -0.25) is 14.9 Å². The van der Waals surface area contributed by atoms with E-state index in [9.17, 15) is 14.9 Å². The molecule has 0 heterocycles. The van der Waals surface area contributed by atoms with Gasteiger partial charge in [-0.25, -0.2) is 0 Å². The smallest absolute Gasteiger partial charge is 0.269 e. The van der Waals surface area contributed by atoms with Gasteiger partial charge >= 0.3 is 0 Å². The van der Waals surface area contributed by atoms with Crippen LogP contribution in [-0.4, -0.2) is 42.0 Å². The first kappa shape index (κ1) is 22.7. The Balaban J connectivity index is 1.65. The van der Waals surface area contributed by atoms with E-state index < -0.39 is 10.3 Å². The summed E-state index contributed by atoms with van der Waals surface area (Å²) in [5.74, 6) is 0.713. The van der Waals surface area contributed by atoms with Crippen LogP contribution in [0.5, 0.6) is 5.75 Å². The van der Waals surface area contributed by atoms with Crippen molar-refractivity contribution in [2.45, 2.75) is 44.9 Å². The molecule has 0 unspecified atom stereocenters. The van der Waals surface area contributed by atoms with Crippen LogP contribution in [0.1, 0.15) is 45.1 Å². The molecule has 0 aliphatic heterocycles. The van der Waals surface area contributed by atoms with E-state index >= 15 is 0 Å². The van der Waals surface area contributed by atoms with Crippen LogP contribution < -0.4 is 10.1 Å². The number of benzene rings is 2. The molecular weight excluding hydrogens is 394 g/mol. The van der Waals surface area contributed by atoms with Crippen molar-refractivity contribution in [2.24, 2.45) is 0 Å². The highest BCUT2D eigenvalue weighted by Crippen LogP contribution is 2.42. The maximum atomic E-state index is 13.3. The highest BCUT2D eigenvalue weighted by atomic mass is 16.6. The van der Waals surface area contributed by atoms with Crippen LogP contribution in [0.2, 0.25) is 0 Å². The number of nitro groups is 1. The molecule has 0 spiro atoms. The van der Waals surface area contributed by atoms with Crippen molar-refractivity contribution < 1.29 is 14.5 Å². The molecule has 2 aromatic carbocycles. The molecule has 1 fully saturated rings. The molecule has 166 valence electrons. The average Bonchev–Trinajstić information content (AvgIpc) is 3.29. The summed E-state index contributed by atoms with van der Waals surface area (Å²) < 4.78 is 5.81. The summed E-state index contributed by atoms with van der Waals surface area (Å²) >= 11 is 0. The first-order valence-electron chi connectivity index (χ1n) is 11.0. The SMILES string of the molecule is CCN(CC)CCOc1ccc(NC(=O)C2(c3ccc([N+](=O)[O-])cc3)CCCC2)cc1. The molecule has 1 amide bonds. The van der Waals surface area contributed by atoms with E-state index in [1.807, 2.05) is 24.3 Å². The Morgan fingerprint density at radius 3 is 2.23 bits per heavy atom. The van der Waals surface area contributed by atoms with Gasteiger partial charge in [0.25, 0.3) is 5.69 Å². The van der Waals surface area contributed by atoms with Gasteiger partial charge in [-0.2, -0.15) is 0 Å². The lowest BCUT2D eigenvalue weighted by atomic mass is 9.78. The highest BCUT2D eigenvalue weighted by Gasteiger charge is 2.42. The van der Waals surface area contributed by atoms with Crippen LogP contribution in [0.15, 0.2) is 48.5 Å². The zero-order valence-electron chi connectivity index (χ0n) is 18.3. The lowest BCUT2D eigenvalue weighted by Crippen LogP contribution is -2.38. The maximum Gasteiger partial charge on any atom is 0.269 e. The van der Waals surface area contributed by atoms with E-state index in [4.69, 9.17) is 4.74 Å². The molecule has 7 heteroatoms. The number of ether oxygens (including phenoxy) is 1. The largest absolute Gasteiger partial charge is 0.492 e. The third kappa shape index (κ3) is 5.41. The Hall–Kier alpha value is -2.93. The predicted octanol–water partition coefficient (Wildman–Crippen LogP) is 4.77. The monoisotopic (exact) mass is 425 g/mol. The zero-order valence-corrected chi connectivity index (χ0v) is 18.3. The van der Waals surface area contributed by atoms with Crippen molar-refractivity contribution in [1.29, 1.82) is 0 Å². The van der Waals surface area contributed by atoms with E-state index in [2.05, 4.69) is 24.1 Å². The maximum absolute atomic E-state index is 13.3. The fourth-order valence-corrected chi connectivity index (χ4v) is 4.25. The first-order chi connectivity index (χ1) is 15.0. The second kappa shape index (κ2) is 10.4. The van der Waals surface area contributed by atoms with Crippen LogP contribution in [0.3, 0.4) is 0 Å². The van der Waals surface area contributed by atoms with E-state index in [0.29, 0.717) is 12.3 Å². The molecular formula is C24H31N3O4. The number of rotatable bonds is 10. The summed E-state index contributed by atoms with van der Waals surface area (Å²) in [6, 6.07) is 13.8. The fraction of sp³-hybridized carbons (Fsp3) is 0.458. The van der Waals surface area contributed by atoms with Gasteiger partial charge in [0, 0.05) is 24.4 Å². The molecule has 0 bridgehead atoms. The first-order valence-corrected chi connectivity index (χ1v) is 11.0. The number of non-ortho nitro benzene ring substituents is 1. The van der Waals surface area contributed by atoms with Crippen molar-refractivity contribution in [3.63, 3.8) is 0 Å². The third-order valence-electron chi connectivity index (χ3n) is 6.21. The van der Waals surface area contributed by atoms with Crippen LogP contribution >= 0.6 is 0 Å². The number of carbonyl (C=O) groups excluding carboxylic acids is 1. The molecule has 1 saturated carbocycles. The minimum absolute atomic E-state index is 0.0360. The van der Waals surface area contributed by atoms with Crippen LogP contribution in [-0.2, 0) is 10.2 Å². The number of amides is 1. The number of nitrogens with zero attached hydrogens (tertiary/aromatic N) is 2. The Morgan fingerprint density at radius 1 is 1.06 bits per heavy atom. The molecule has 2 aromatic rings.